The van der Waals surface area contributed by atoms with Gasteiger partial charge in [0.05, 0.1) is 0 Å². The van der Waals surface area contributed by atoms with Gasteiger partial charge in [-0.05, 0) is 30.9 Å². The number of nitrogens with one attached hydrogen (secondary N) is 2. The molecule has 1 atom stereocenters. The highest BCUT2D eigenvalue weighted by Gasteiger charge is 2.08. The third-order valence-electron chi connectivity index (χ3n) is 4.94. The largest absolute Gasteiger partial charge is 0.357 e. The van der Waals surface area contributed by atoms with E-state index in [9.17, 15) is 0 Å². The van der Waals surface area contributed by atoms with E-state index in [0.717, 1.165) is 31.4 Å². The second-order valence-corrected chi connectivity index (χ2v) is 7.34. The molecule has 0 aliphatic heterocycles. The summed E-state index contributed by atoms with van der Waals surface area (Å²) in [5.41, 5.74) is 3.87. The van der Waals surface area contributed by atoms with Gasteiger partial charge in [-0.15, -0.1) is 24.0 Å². The smallest absolute Gasteiger partial charge is 0.191 e. The minimum absolute atomic E-state index is 0. The number of imidazole rings is 1. The summed E-state index contributed by atoms with van der Waals surface area (Å²) in [4.78, 5) is 9.24. The fourth-order valence-corrected chi connectivity index (χ4v) is 3.17. The van der Waals surface area contributed by atoms with Gasteiger partial charge in [-0.3, -0.25) is 0 Å². The van der Waals surface area contributed by atoms with Crippen molar-refractivity contribution >= 4 is 29.9 Å². The van der Waals surface area contributed by atoms with Crippen molar-refractivity contribution in [3.8, 4) is 0 Å². The zero-order chi connectivity index (χ0) is 20.5. The molecular formula is C24H32IN5. The number of aliphatic imine (C=N–C) groups is 1. The number of nitrogens with zero attached hydrogens (tertiary/aromatic N) is 3. The van der Waals surface area contributed by atoms with Crippen LogP contribution in [0.25, 0.3) is 0 Å². The molecule has 2 aromatic carbocycles. The molecule has 0 bridgehead atoms. The van der Waals surface area contributed by atoms with Crippen LogP contribution in [0.1, 0.15) is 42.3 Å². The van der Waals surface area contributed by atoms with E-state index in [-0.39, 0.29) is 24.0 Å². The van der Waals surface area contributed by atoms with Gasteiger partial charge in [0.25, 0.3) is 0 Å². The van der Waals surface area contributed by atoms with E-state index in [0.29, 0.717) is 12.5 Å². The molecule has 2 N–H and O–H groups in total. The predicted octanol–water partition coefficient (Wildman–Crippen LogP) is 4.72. The van der Waals surface area contributed by atoms with E-state index in [4.69, 9.17) is 4.99 Å². The molecule has 0 fully saturated rings. The third kappa shape index (κ3) is 7.16. The highest BCUT2D eigenvalue weighted by Crippen LogP contribution is 2.14. The van der Waals surface area contributed by atoms with Crippen LogP contribution in [0.15, 0.2) is 72.0 Å². The van der Waals surface area contributed by atoms with Crippen molar-refractivity contribution < 1.29 is 0 Å². The summed E-state index contributed by atoms with van der Waals surface area (Å²) >= 11 is 0. The number of hydrogen-bond acceptors (Lipinski definition) is 2. The molecule has 0 amide bonds. The molecule has 3 aromatic rings. The second-order valence-electron chi connectivity index (χ2n) is 7.34. The predicted molar refractivity (Wildman–Crippen MR) is 136 cm³/mol. The van der Waals surface area contributed by atoms with Crippen molar-refractivity contribution in [1.82, 2.24) is 20.2 Å². The highest BCUT2D eigenvalue weighted by atomic mass is 127. The van der Waals surface area contributed by atoms with E-state index in [2.05, 4.69) is 89.5 Å². The van der Waals surface area contributed by atoms with Crippen molar-refractivity contribution in [3.63, 3.8) is 0 Å². The van der Waals surface area contributed by atoms with Crippen LogP contribution >= 0.6 is 24.0 Å². The number of rotatable bonds is 8. The van der Waals surface area contributed by atoms with Gasteiger partial charge in [-0.2, -0.15) is 0 Å². The Bertz CT molecular complexity index is 903. The Kier molecular flexibility index (Phi) is 9.86. The Balaban J connectivity index is 0.00000320. The number of guanidine groups is 1. The van der Waals surface area contributed by atoms with Gasteiger partial charge in [0, 0.05) is 32.0 Å². The Labute approximate surface area is 197 Å². The molecule has 160 valence electrons. The average Bonchev–Trinajstić information content (AvgIpc) is 3.18. The third-order valence-corrected chi connectivity index (χ3v) is 4.94. The SMILES string of the molecule is CCNC(=NCc1nccn1Cc1ccccc1)NCC(C)c1ccc(C)cc1.I. The fraction of sp³-hybridized carbons (Fsp3) is 0.333. The van der Waals surface area contributed by atoms with Crippen molar-refractivity contribution in [3.05, 3.63) is 89.5 Å². The minimum atomic E-state index is 0. The first-order valence-corrected chi connectivity index (χ1v) is 10.3. The Hall–Kier alpha value is -2.35. The van der Waals surface area contributed by atoms with E-state index in [1.165, 1.54) is 16.7 Å². The molecule has 6 heteroatoms. The van der Waals surface area contributed by atoms with Crippen LogP contribution in [0.3, 0.4) is 0 Å². The van der Waals surface area contributed by atoms with Crippen LogP contribution in [-0.4, -0.2) is 28.6 Å². The van der Waals surface area contributed by atoms with Crippen LogP contribution in [0, 0.1) is 6.92 Å². The van der Waals surface area contributed by atoms with Crippen LogP contribution in [0.5, 0.6) is 0 Å². The number of aryl methyl sites for hydroxylation is 1. The Morgan fingerprint density at radius 3 is 2.50 bits per heavy atom. The van der Waals surface area contributed by atoms with Crippen molar-refractivity contribution in [2.75, 3.05) is 13.1 Å². The molecule has 1 aromatic heterocycles. The van der Waals surface area contributed by atoms with Gasteiger partial charge < -0.3 is 15.2 Å². The number of benzene rings is 2. The first-order valence-electron chi connectivity index (χ1n) is 10.3. The van der Waals surface area contributed by atoms with Gasteiger partial charge in [-0.1, -0.05) is 67.1 Å². The van der Waals surface area contributed by atoms with Gasteiger partial charge in [0.15, 0.2) is 5.96 Å². The molecule has 0 radical (unpaired) electrons. The number of aromatic nitrogens is 2. The standard InChI is InChI=1S/C24H31N5.HI/c1-4-25-24(27-16-20(3)22-12-10-19(2)11-13-22)28-17-23-26-14-15-29(23)18-21-8-6-5-7-9-21;/h5-15,20H,4,16-18H2,1-3H3,(H2,25,27,28);1H. The molecule has 0 saturated carbocycles. The van der Waals surface area contributed by atoms with E-state index in [1.54, 1.807) is 0 Å². The monoisotopic (exact) mass is 517 g/mol. The van der Waals surface area contributed by atoms with Gasteiger partial charge in [0.1, 0.15) is 12.4 Å². The van der Waals surface area contributed by atoms with Crippen molar-refractivity contribution in [1.29, 1.82) is 0 Å². The van der Waals surface area contributed by atoms with Gasteiger partial charge >= 0.3 is 0 Å². The summed E-state index contributed by atoms with van der Waals surface area (Å²) in [5, 5.41) is 6.80. The lowest BCUT2D eigenvalue weighted by molar-refractivity contribution is 0.689. The van der Waals surface area contributed by atoms with E-state index < -0.39 is 0 Å². The molecule has 0 spiro atoms. The molecule has 5 nitrogen and oxygen atoms in total. The van der Waals surface area contributed by atoms with E-state index >= 15 is 0 Å². The van der Waals surface area contributed by atoms with Crippen molar-refractivity contribution in [2.24, 2.45) is 4.99 Å². The first-order chi connectivity index (χ1) is 14.2. The zero-order valence-electron chi connectivity index (χ0n) is 18.0. The summed E-state index contributed by atoms with van der Waals surface area (Å²) in [5.74, 6) is 2.18. The molecule has 30 heavy (non-hydrogen) atoms. The minimum Gasteiger partial charge on any atom is -0.357 e. The summed E-state index contributed by atoms with van der Waals surface area (Å²) in [7, 11) is 0. The first kappa shape index (κ1) is 23.9. The molecule has 0 aliphatic carbocycles. The lowest BCUT2D eigenvalue weighted by Gasteiger charge is -2.16. The molecule has 1 heterocycles. The summed E-state index contributed by atoms with van der Waals surface area (Å²) < 4.78 is 2.15. The van der Waals surface area contributed by atoms with Crippen LogP contribution < -0.4 is 10.6 Å². The van der Waals surface area contributed by atoms with Crippen LogP contribution in [-0.2, 0) is 13.1 Å². The number of halogens is 1. The zero-order valence-corrected chi connectivity index (χ0v) is 20.3. The average molecular weight is 517 g/mol. The second kappa shape index (κ2) is 12.4. The molecule has 1 unspecified atom stereocenters. The molecular weight excluding hydrogens is 485 g/mol. The topological polar surface area (TPSA) is 54.2 Å². The maximum Gasteiger partial charge on any atom is 0.191 e. The molecule has 0 aliphatic rings. The Morgan fingerprint density at radius 1 is 1.07 bits per heavy atom. The van der Waals surface area contributed by atoms with Gasteiger partial charge in [0.2, 0.25) is 0 Å². The van der Waals surface area contributed by atoms with Crippen molar-refractivity contribution in [2.45, 2.75) is 39.8 Å². The van der Waals surface area contributed by atoms with Crippen LogP contribution in [0.2, 0.25) is 0 Å². The highest BCUT2D eigenvalue weighted by molar-refractivity contribution is 14.0. The summed E-state index contributed by atoms with van der Waals surface area (Å²) in [6.07, 6.45) is 3.85. The number of hydrogen-bond donors (Lipinski definition) is 2. The fourth-order valence-electron chi connectivity index (χ4n) is 3.17. The quantitative estimate of drug-likeness (QED) is 0.259. The van der Waals surface area contributed by atoms with Gasteiger partial charge in [-0.25, -0.2) is 9.98 Å². The maximum atomic E-state index is 4.75. The lowest BCUT2D eigenvalue weighted by Crippen LogP contribution is -2.39. The molecule has 0 saturated heterocycles. The van der Waals surface area contributed by atoms with Crippen LogP contribution in [0.4, 0.5) is 0 Å². The summed E-state index contributed by atoms with van der Waals surface area (Å²) in [6.45, 7) is 9.42. The summed E-state index contributed by atoms with van der Waals surface area (Å²) in [6, 6.07) is 19.2. The van der Waals surface area contributed by atoms with E-state index in [1.807, 2.05) is 18.5 Å². The molecule has 3 rings (SSSR count). The lowest BCUT2D eigenvalue weighted by atomic mass is 10.0. The normalized spacial score (nSPS) is 12.2. The Morgan fingerprint density at radius 2 is 1.80 bits per heavy atom. The maximum absolute atomic E-state index is 4.75.